The molecule has 1 heterocycles. The van der Waals surface area contributed by atoms with E-state index in [1.807, 2.05) is 20.8 Å². The van der Waals surface area contributed by atoms with Gasteiger partial charge >= 0.3 is 6.09 Å². The number of carbonyl (C=O) groups excluding carboxylic acids is 2. The zero-order valence-electron chi connectivity index (χ0n) is 11.4. The quantitative estimate of drug-likeness (QED) is 0.830. The number of likely N-dealkylation sites (tertiary alicyclic amines) is 1. The maximum Gasteiger partial charge on any atom is 0.410 e. The van der Waals surface area contributed by atoms with E-state index < -0.39 is 5.60 Å². The zero-order chi connectivity index (χ0) is 13.8. The Morgan fingerprint density at radius 1 is 1.39 bits per heavy atom. The molecular weight excluding hydrogens is 234 g/mol. The van der Waals surface area contributed by atoms with E-state index in [0.717, 1.165) is 0 Å². The number of nitrogens with zero attached hydrogens (tertiary/aromatic N) is 1. The van der Waals surface area contributed by atoms with Crippen LogP contribution in [0.15, 0.2) is 0 Å². The van der Waals surface area contributed by atoms with Crippen molar-refractivity contribution < 1.29 is 19.4 Å². The lowest BCUT2D eigenvalue weighted by Crippen LogP contribution is -2.35. The molecule has 1 amide bonds. The summed E-state index contributed by atoms with van der Waals surface area (Å²) in [6, 6.07) is 0. The van der Waals surface area contributed by atoms with Gasteiger partial charge in [0.15, 0.2) is 0 Å². The molecule has 0 aromatic carbocycles. The van der Waals surface area contributed by atoms with Crippen LogP contribution in [0.5, 0.6) is 0 Å². The van der Waals surface area contributed by atoms with Crippen molar-refractivity contribution >= 4 is 11.9 Å². The van der Waals surface area contributed by atoms with E-state index >= 15 is 0 Å². The molecule has 1 unspecified atom stereocenters. The molecule has 0 radical (unpaired) electrons. The molecule has 0 saturated carbocycles. The van der Waals surface area contributed by atoms with Crippen LogP contribution in [0.3, 0.4) is 0 Å². The standard InChI is InChI=1S/C13H23NO4/c1-13(2,3)18-12(17)14-7-6-10(9-14)11(16)5-4-8-15/h10,15H,4-9H2,1-3H3. The fourth-order valence-electron chi connectivity index (χ4n) is 1.97. The summed E-state index contributed by atoms with van der Waals surface area (Å²) < 4.78 is 5.27. The predicted molar refractivity (Wildman–Crippen MR) is 67.2 cm³/mol. The number of amides is 1. The average molecular weight is 257 g/mol. The van der Waals surface area contributed by atoms with Crippen LogP contribution in [0.4, 0.5) is 4.79 Å². The number of Topliss-reactive ketones (excluding diaryl/α,β-unsaturated/α-hetero) is 1. The Labute approximate surface area is 108 Å². The molecule has 0 bridgehead atoms. The molecule has 104 valence electrons. The number of carbonyl (C=O) groups is 2. The van der Waals surface area contributed by atoms with E-state index in [-0.39, 0.29) is 24.4 Å². The fourth-order valence-corrected chi connectivity index (χ4v) is 1.97. The van der Waals surface area contributed by atoms with Crippen LogP contribution in [0, 0.1) is 5.92 Å². The van der Waals surface area contributed by atoms with Crippen LogP contribution in [0.25, 0.3) is 0 Å². The number of rotatable bonds is 4. The average Bonchev–Trinajstić information content (AvgIpc) is 2.72. The third-order valence-corrected chi connectivity index (χ3v) is 2.88. The van der Waals surface area contributed by atoms with Gasteiger partial charge in [0.2, 0.25) is 0 Å². The zero-order valence-corrected chi connectivity index (χ0v) is 11.4. The highest BCUT2D eigenvalue weighted by molar-refractivity contribution is 5.82. The molecule has 1 N–H and O–H groups in total. The van der Waals surface area contributed by atoms with Crippen molar-refractivity contribution in [2.24, 2.45) is 5.92 Å². The number of ether oxygens (including phenoxy) is 1. The van der Waals surface area contributed by atoms with Crippen LogP contribution < -0.4 is 0 Å². The SMILES string of the molecule is CC(C)(C)OC(=O)N1CCC(C(=O)CCCO)C1. The highest BCUT2D eigenvalue weighted by Gasteiger charge is 2.32. The summed E-state index contributed by atoms with van der Waals surface area (Å²) in [4.78, 5) is 25.2. The molecule has 1 saturated heterocycles. The van der Waals surface area contributed by atoms with Crippen molar-refractivity contribution in [3.05, 3.63) is 0 Å². The van der Waals surface area contributed by atoms with E-state index in [4.69, 9.17) is 9.84 Å². The van der Waals surface area contributed by atoms with Crippen molar-refractivity contribution in [1.29, 1.82) is 0 Å². The van der Waals surface area contributed by atoms with Gasteiger partial charge in [-0.1, -0.05) is 0 Å². The number of aliphatic hydroxyl groups excluding tert-OH is 1. The van der Waals surface area contributed by atoms with Crippen molar-refractivity contribution in [2.45, 2.75) is 45.6 Å². The number of aliphatic hydroxyl groups is 1. The Kier molecular flexibility index (Phi) is 5.14. The van der Waals surface area contributed by atoms with Crippen LogP contribution >= 0.6 is 0 Å². The highest BCUT2D eigenvalue weighted by atomic mass is 16.6. The molecule has 0 aromatic heterocycles. The minimum absolute atomic E-state index is 0.0360. The maximum absolute atomic E-state index is 11.8. The van der Waals surface area contributed by atoms with Gasteiger partial charge in [-0.3, -0.25) is 4.79 Å². The normalized spacial score (nSPS) is 20.0. The van der Waals surface area contributed by atoms with Gasteiger partial charge in [-0.05, 0) is 33.6 Å². The first kappa shape index (κ1) is 15.0. The van der Waals surface area contributed by atoms with Crippen molar-refractivity contribution in [1.82, 2.24) is 4.90 Å². The lowest BCUT2D eigenvalue weighted by Gasteiger charge is -2.24. The van der Waals surface area contributed by atoms with Gasteiger partial charge in [0, 0.05) is 32.0 Å². The Morgan fingerprint density at radius 2 is 2.06 bits per heavy atom. The first-order valence-electron chi connectivity index (χ1n) is 6.45. The van der Waals surface area contributed by atoms with E-state index in [1.165, 1.54) is 0 Å². The van der Waals surface area contributed by atoms with Gasteiger partial charge in [0.25, 0.3) is 0 Å². The number of ketones is 1. The molecule has 0 aromatic rings. The molecule has 1 rings (SSSR count). The second-order valence-electron chi connectivity index (χ2n) is 5.71. The smallest absolute Gasteiger partial charge is 0.410 e. The molecular formula is C13H23NO4. The van der Waals surface area contributed by atoms with E-state index in [2.05, 4.69) is 0 Å². The van der Waals surface area contributed by atoms with Crippen molar-refractivity contribution in [3.8, 4) is 0 Å². The van der Waals surface area contributed by atoms with Crippen molar-refractivity contribution in [3.63, 3.8) is 0 Å². The lowest BCUT2D eigenvalue weighted by molar-refractivity contribution is -0.122. The van der Waals surface area contributed by atoms with Crippen LogP contribution in [-0.2, 0) is 9.53 Å². The predicted octanol–water partition coefficient (Wildman–Crippen LogP) is 1.58. The first-order chi connectivity index (χ1) is 8.33. The number of hydrogen-bond acceptors (Lipinski definition) is 4. The minimum atomic E-state index is -0.504. The topological polar surface area (TPSA) is 66.8 Å². The van der Waals surface area contributed by atoms with Gasteiger partial charge in [-0.15, -0.1) is 0 Å². The molecule has 18 heavy (non-hydrogen) atoms. The summed E-state index contributed by atoms with van der Waals surface area (Å²) in [6.45, 7) is 6.53. The molecule has 0 spiro atoms. The third-order valence-electron chi connectivity index (χ3n) is 2.88. The van der Waals surface area contributed by atoms with E-state index in [9.17, 15) is 9.59 Å². The highest BCUT2D eigenvalue weighted by Crippen LogP contribution is 2.21. The van der Waals surface area contributed by atoms with Gasteiger partial charge in [0.05, 0.1) is 0 Å². The monoisotopic (exact) mass is 257 g/mol. The number of hydrogen-bond donors (Lipinski definition) is 1. The van der Waals surface area contributed by atoms with E-state index in [0.29, 0.717) is 32.4 Å². The molecule has 5 heteroatoms. The summed E-state index contributed by atoms with van der Waals surface area (Å²) in [6.07, 6.45) is 1.24. The Morgan fingerprint density at radius 3 is 2.61 bits per heavy atom. The third kappa shape index (κ3) is 4.64. The van der Waals surface area contributed by atoms with Crippen molar-refractivity contribution in [2.75, 3.05) is 19.7 Å². The van der Waals surface area contributed by atoms with Crippen LogP contribution in [0.2, 0.25) is 0 Å². The summed E-state index contributed by atoms with van der Waals surface area (Å²) in [5.41, 5.74) is -0.504. The molecule has 5 nitrogen and oxygen atoms in total. The maximum atomic E-state index is 11.8. The van der Waals surface area contributed by atoms with E-state index in [1.54, 1.807) is 4.90 Å². The fraction of sp³-hybridized carbons (Fsp3) is 0.846. The minimum Gasteiger partial charge on any atom is -0.444 e. The molecule has 1 aliphatic rings. The van der Waals surface area contributed by atoms with Crippen LogP contribution in [-0.4, -0.2) is 47.2 Å². The largest absolute Gasteiger partial charge is 0.444 e. The second-order valence-corrected chi connectivity index (χ2v) is 5.71. The lowest BCUT2D eigenvalue weighted by atomic mass is 10.00. The first-order valence-corrected chi connectivity index (χ1v) is 6.45. The summed E-state index contributed by atoms with van der Waals surface area (Å²) >= 11 is 0. The van der Waals surface area contributed by atoms with Gasteiger partial charge < -0.3 is 14.7 Å². The summed E-state index contributed by atoms with van der Waals surface area (Å²) in [5, 5.41) is 8.69. The molecule has 1 aliphatic heterocycles. The van der Waals surface area contributed by atoms with Crippen LogP contribution in [0.1, 0.15) is 40.0 Å². The molecule has 1 atom stereocenters. The van der Waals surface area contributed by atoms with Gasteiger partial charge in [0.1, 0.15) is 11.4 Å². The summed E-state index contributed by atoms with van der Waals surface area (Å²) in [7, 11) is 0. The Bertz CT molecular complexity index is 309. The Hall–Kier alpha value is -1.10. The van der Waals surface area contributed by atoms with Gasteiger partial charge in [-0.2, -0.15) is 0 Å². The molecule has 1 fully saturated rings. The molecule has 0 aliphatic carbocycles. The second kappa shape index (κ2) is 6.18. The van der Waals surface area contributed by atoms with Gasteiger partial charge in [-0.25, -0.2) is 4.79 Å². The summed E-state index contributed by atoms with van der Waals surface area (Å²) in [5.74, 6) is 0.0409. The Balaban J connectivity index is 2.41.